The molecule has 6 nitrogen and oxygen atoms in total. The first-order valence-electron chi connectivity index (χ1n) is 8.26. The zero-order valence-electron chi connectivity index (χ0n) is 14.1. The Kier molecular flexibility index (Phi) is 4.11. The van der Waals surface area contributed by atoms with E-state index in [2.05, 4.69) is 21.2 Å². The second-order valence-electron chi connectivity index (χ2n) is 6.43. The Morgan fingerprint density at radius 2 is 1.88 bits per heavy atom. The molecule has 26 heavy (non-hydrogen) atoms. The van der Waals surface area contributed by atoms with Crippen LogP contribution in [0, 0.1) is 0 Å². The van der Waals surface area contributed by atoms with Crippen LogP contribution in [0.1, 0.15) is 18.1 Å². The van der Waals surface area contributed by atoms with E-state index in [4.69, 9.17) is 9.47 Å². The molecular weight excluding hydrogens is 400 g/mol. The fourth-order valence-corrected chi connectivity index (χ4v) is 3.66. The van der Waals surface area contributed by atoms with E-state index in [1.54, 1.807) is 25.1 Å². The summed E-state index contributed by atoms with van der Waals surface area (Å²) in [6.45, 7) is 2.88. The maximum Gasteiger partial charge on any atom is 0.325 e. The average molecular weight is 417 g/mol. The predicted octanol–water partition coefficient (Wildman–Crippen LogP) is 3.19. The van der Waals surface area contributed by atoms with Crippen LogP contribution in [0.4, 0.5) is 4.79 Å². The van der Waals surface area contributed by atoms with Crippen LogP contribution in [0.2, 0.25) is 0 Å². The van der Waals surface area contributed by atoms with E-state index >= 15 is 0 Å². The molecule has 0 saturated carbocycles. The number of benzene rings is 2. The number of carbonyl (C=O) groups is 2. The first-order chi connectivity index (χ1) is 12.5. The third kappa shape index (κ3) is 2.82. The molecule has 1 saturated heterocycles. The molecule has 1 N–H and O–H groups in total. The highest BCUT2D eigenvalue weighted by molar-refractivity contribution is 9.10. The topological polar surface area (TPSA) is 67.9 Å². The summed E-state index contributed by atoms with van der Waals surface area (Å²) in [5.41, 5.74) is 0.394. The van der Waals surface area contributed by atoms with Crippen molar-refractivity contribution in [1.29, 1.82) is 0 Å². The minimum absolute atomic E-state index is 0.213. The van der Waals surface area contributed by atoms with Crippen molar-refractivity contribution >= 4 is 27.9 Å². The summed E-state index contributed by atoms with van der Waals surface area (Å²) < 4.78 is 12.0. The Hall–Kier alpha value is -2.54. The summed E-state index contributed by atoms with van der Waals surface area (Å²) >= 11 is 3.41. The average Bonchev–Trinajstić information content (AvgIpc) is 2.85. The number of hydrogen-bond acceptors (Lipinski definition) is 4. The molecule has 0 radical (unpaired) electrons. The van der Waals surface area contributed by atoms with Crippen molar-refractivity contribution in [3.63, 3.8) is 0 Å². The fraction of sp³-hybridized carbons (Fsp3) is 0.263. The molecule has 0 aliphatic carbocycles. The van der Waals surface area contributed by atoms with Gasteiger partial charge in [0.05, 0.1) is 6.54 Å². The highest BCUT2D eigenvalue weighted by Gasteiger charge is 2.49. The van der Waals surface area contributed by atoms with Crippen molar-refractivity contribution in [2.45, 2.75) is 19.0 Å². The maximum atomic E-state index is 13.1. The number of halogens is 1. The van der Waals surface area contributed by atoms with Crippen LogP contribution in [0.3, 0.4) is 0 Å². The van der Waals surface area contributed by atoms with E-state index in [-0.39, 0.29) is 12.5 Å². The van der Waals surface area contributed by atoms with Crippen LogP contribution in [-0.2, 0) is 16.9 Å². The molecule has 2 heterocycles. The lowest BCUT2D eigenvalue weighted by atomic mass is 9.91. The Morgan fingerprint density at radius 1 is 1.12 bits per heavy atom. The number of urea groups is 1. The van der Waals surface area contributed by atoms with E-state index in [1.807, 2.05) is 24.3 Å². The first-order valence-corrected chi connectivity index (χ1v) is 9.05. The molecule has 1 unspecified atom stereocenters. The fourth-order valence-electron chi connectivity index (χ4n) is 3.21. The Balaban J connectivity index is 1.63. The standard InChI is InChI=1S/C19H17BrN2O4/c1-19(13-5-6-15-16(10-13)26-8-7-25-15)17(23)22(18(24)21-19)11-12-3-2-4-14(20)9-12/h2-6,9-10H,7-8,11H2,1H3,(H,21,24). The number of amides is 3. The SMILES string of the molecule is CC1(c2ccc3c(c2)OCCO3)NC(=O)N(Cc2cccc(Br)c2)C1=O. The summed E-state index contributed by atoms with van der Waals surface area (Å²) in [7, 11) is 0. The third-order valence-corrected chi connectivity index (χ3v) is 5.12. The van der Waals surface area contributed by atoms with Gasteiger partial charge >= 0.3 is 6.03 Å². The van der Waals surface area contributed by atoms with Gasteiger partial charge in [0.25, 0.3) is 5.91 Å². The normalized spacial score (nSPS) is 21.7. The summed E-state index contributed by atoms with van der Waals surface area (Å²) in [5, 5.41) is 2.82. The summed E-state index contributed by atoms with van der Waals surface area (Å²) in [6, 6.07) is 12.4. The highest BCUT2D eigenvalue weighted by atomic mass is 79.9. The van der Waals surface area contributed by atoms with E-state index in [0.29, 0.717) is 30.3 Å². The van der Waals surface area contributed by atoms with E-state index < -0.39 is 11.6 Å². The van der Waals surface area contributed by atoms with Crippen LogP contribution in [0.5, 0.6) is 11.5 Å². The van der Waals surface area contributed by atoms with Crippen molar-refractivity contribution < 1.29 is 19.1 Å². The van der Waals surface area contributed by atoms with Crippen LogP contribution < -0.4 is 14.8 Å². The Labute approximate surface area is 159 Å². The van der Waals surface area contributed by atoms with Gasteiger partial charge < -0.3 is 14.8 Å². The molecule has 134 valence electrons. The highest BCUT2D eigenvalue weighted by Crippen LogP contribution is 2.37. The van der Waals surface area contributed by atoms with Gasteiger partial charge in [-0.3, -0.25) is 9.69 Å². The largest absolute Gasteiger partial charge is 0.486 e. The van der Waals surface area contributed by atoms with Crippen molar-refractivity contribution in [3.05, 3.63) is 58.1 Å². The number of nitrogens with zero attached hydrogens (tertiary/aromatic N) is 1. The number of hydrogen-bond donors (Lipinski definition) is 1. The number of carbonyl (C=O) groups excluding carboxylic acids is 2. The lowest BCUT2D eigenvalue weighted by molar-refractivity contribution is -0.131. The van der Waals surface area contributed by atoms with Crippen LogP contribution in [0.25, 0.3) is 0 Å². The van der Waals surface area contributed by atoms with Crippen molar-refractivity contribution in [2.24, 2.45) is 0 Å². The number of ether oxygens (including phenoxy) is 2. The smallest absolute Gasteiger partial charge is 0.325 e. The molecular formula is C19H17BrN2O4. The maximum absolute atomic E-state index is 13.1. The number of imide groups is 1. The van der Waals surface area contributed by atoms with Gasteiger partial charge in [0.1, 0.15) is 18.8 Å². The summed E-state index contributed by atoms with van der Waals surface area (Å²) in [5.74, 6) is 0.938. The second kappa shape index (κ2) is 6.32. The van der Waals surface area contributed by atoms with Crippen LogP contribution >= 0.6 is 15.9 Å². The van der Waals surface area contributed by atoms with E-state index in [0.717, 1.165) is 10.0 Å². The zero-order chi connectivity index (χ0) is 18.3. The minimum atomic E-state index is -1.14. The van der Waals surface area contributed by atoms with Gasteiger partial charge in [0, 0.05) is 4.47 Å². The molecule has 2 aliphatic rings. The first kappa shape index (κ1) is 16.9. The van der Waals surface area contributed by atoms with Crippen LogP contribution in [-0.4, -0.2) is 30.1 Å². The molecule has 7 heteroatoms. The van der Waals surface area contributed by atoms with Gasteiger partial charge in [-0.05, 0) is 42.3 Å². The molecule has 2 aromatic carbocycles. The Morgan fingerprint density at radius 3 is 2.65 bits per heavy atom. The quantitative estimate of drug-likeness (QED) is 0.780. The molecule has 1 atom stereocenters. The number of fused-ring (bicyclic) bond motifs is 1. The Bertz CT molecular complexity index is 901. The number of nitrogens with one attached hydrogen (secondary N) is 1. The lowest BCUT2D eigenvalue weighted by Crippen LogP contribution is -2.41. The molecule has 0 aromatic heterocycles. The van der Waals surface area contributed by atoms with Gasteiger partial charge in [-0.1, -0.05) is 34.1 Å². The minimum Gasteiger partial charge on any atom is -0.486 e. The molecule has 3 amide bonds. The molecule has 0 spiro atoms. The van der Waals surface area contributed by atoms with Gasteiger partial charge in [-0.15, -0.1) is 0 Å². The van der Waals surface area contributed by atoms with Gasteiger partial charge in [-0.2, -0.15) is 0 Å². The molecule has 4 rings (SSSR count). The molecule has 0 bridgehead atoms. The molecule has 2 aromatic rings. The van der Waals surface area contributed by atoms with Crippen molar-refractivity contribution in [3.8, 4) is 11.5 Å². The van der Waals surface area contributed by atoms with Crippen molar-refractivity contribution in [1.82, 2.24) is 10.2 Å². The monoisotopic (exact) mass is 416 g/mol. The van der Waals surface area contributed by atoms with Crippen molar-refractivity contribution in [2.75, 3.05) is 13.2 Å². The second-order valence-corrected chi connectivity index (χ2v) is 7.35. The van der Waals surface area contributed by atoms with Gasteiger partial charge in [0.15, 0.2) is 11.5 Å². The van der Waals surface area contributed by atoms with E-state index in [9.17, 15) is 9.59 Å². The summed E-state index contributed by atoms with van der Waals surface area (Å²) in [4.78, 5) is 26.8. The zero-order valence-corrected chi connectivity index (χ0v) is 15.7. The summed E-state index contributed by atoms with van der Waals surface area (Å²) in [6.07, 6.45) is 0. The lowest BCUT2D eigenvalue weighted by Gasteiger charge is -2.25. The van der Waals surface area contributed by atoms with Gasteiger partial charge in [0.2, 0.25) is 0 Å². The molecule has 1 fully saturated rings. The third-order valence-electron chi connectivity index (χ3n) is 4.62. The molecule has 2 aliphatic heterocycles. The van der Waals surface area contributed by atoms with Gasteiger partial charge in [-0.25, -0.2) is 4.79 Å². The van der Waals surface area contributed by atoms with Crippen LogP contribution in [0.15, 0.2) is 46.9 Å². The number of rotatable bonds is 3. The van der Waals surface area contributed by atoms with E-state index in [1.165, 1.54) is 4.90 Å². The predicted molar refractivity (Wildman–Crippen MR) is 98.0 cm³/mol.